The smallest absolute Gasteiger partial charge is 0.323 e. The molecule has 8 heteroatoms. The predicted molar refractivity (Wildman–Crippen MR) is 68.3 cm³/mol. The van der Waals surface area contributed by atoms with E-state index in [1.807, 2.05) is 6.92 Å². The van der Waals surface area contributed by atoms with E-state index in [1.165, 1.54) is 0 Å². The van der Waals surface area contributed by atoms with Crippen molar-refractivity contribution in [2.45, 2.75) is 13.8 Å². The summed E-state index contributed by atoms with van der Waals surface area (Å²) in [5.74, 6) is 6.31. The topological polar surface area (TPSA) is 107 Å². The van der Waals surface area contributed by atoms with Crippen LogP contribution in [0.4, 0.5) is 11.9 Å². The lowest BCUT2D eigenvalue weighted by Crippen LogP contribution is -2.19. The molecular formula is C10H20N6O2. The van der Waals surface area contributed by atoms with Gasteiger partial charge >= 0.3 is 6.01 Å². The van der Waals surface area contributed by atoms with Crippen molar-refractivity contribution < 1.29 is 9.47 Å². The molecule has 1 aromatic rings. The van der Waals surface area contributed by atoms with E-state index in [2.05, 4.69) is 32.6 Å². The maximum absolute atomic E-state index is 5.28. The van der Waals surface area contributed by atoms with Gasteiger partial charge in [-0.05, 0) is 12.8 Å². The highest BCUT2D eigenvalue weighted by molar-refractivity contribution is 5.34. The fourth-order valence-corrected chi connectivity index (χ4v) is 1.30. The van der Waals surface area contributed by atoms with Crippen molar-refractivity contribution in [2.24, 2.45) is 11.8 Å². The SMILES string of the molecule is CCOc1nc(NN)nc(NCC(C)COC)n1. The lowest BCUT2D eigenvalue weighted by Gasteiger charge is -2.12. The molecule has 0 radical (unpaired) electrons. The third-order valence-electron chi connectivity index (χ3n) is 2.08. The highest BCUT2D eigenvalue weighted by Crippen LogP contribution is 2.10. The highest BCUT2D eigenvalue weighted by atomic mass is 16.5. The van der Waals surface area contributed by atoms with Crippen LogP contribution in [0.5, 0.6) is 6.01 Å². The van der Waals surface area contributed by atoms with E-state index in [-0.39, 0.29) is 12.0 Å². The second kappa shape index (κ2) is 7.62. The number of nitrogens with one attached hydrogen (secondary N) is 2. The van der Waals surface area contributed by atoms with E-state index < -0.39 is 0 Å². The fourth-order valence-electron chi connectivity index (χ4n) is 1.30. The monoisotopic (exact) mass is 256 g/mol. The van der Waals surface area contributed by atoms with Gasteiger partial charge < -0.3 is 14.8 Å². The number of hydrogen-bond acceptors (Lipinski definition) is 8. The summed E-state index contributed by atoms with van der Waals surface area (Å²) >= 11 is 0. The zero-order valence-electron chi connectivity index (χ0n) is 10.9. The molecule has 0 bridgehead atoms. The number of methoxy groups -OCH3 is 1. The third kappa shape index (κ3) is 4.68. The molecule has 1 heterocycles. The summed E-state index contributed by atoms with van der Waals surface area (Å²) in [5, 5.41) is 3.08. The molecule has 0 aromatic carbocycles. The van der Waals surface area contributed by atoms with Crippen LogP contribution in [-0.4, -0.2) is 41.8 Å². The normalized spacial score (nSPS) is 12.0. The molecule has 0 fully saturated rings. The summed E-state index contributed by atoms with van der Waals surface area (Å²) in [6.45, 7) is 5.75. The van der Waals surface area contributed by atoms with Gasteiger partial charge in [-0.2, -0.15) is 15.0 Å². The molecule has 8 nitrogen and oxygen atoms in total. The van der Waals surface area contributed by atoms with Crippen molar-refractivity contribution in [1.29, 1.82) is 0 Å². The molecule has 0 spiro atoms. The Hall–Kier alpha value is -1.67. The molecule has 4 N–H and O–H groups in total. The minimum Gasteiger partial charge on any atom is -0.464 e. The number of ether oxygens (including phenoxy) is 2. The Morgan fingerprint density at radius 3 is 2.61 bits per heavy atom. The van der Waals surface area contributed by atoms with E-state index in [0.29, 0.717) is 31.6 Å². The van der Waals surface area contributed by atoms with Crippen LogP contribution in [0.15, 0.2) is 0 Å². The molecule has 1 unspecified atom stereocenters. The standard InChI is InChI=1S/C10H20N6O2/c1-4-18-10-14-8(13-9(15-10)16-11)12-5-7(2)6-17-3/h7H,4-6,11H2,1-3H3,(H2,12,13,14,15,16). The van der Waals surface area contributed by atoms with Crippen molar-refractivity contribution in [1.82, 2.24) is 15.0 Å². The van der Waals surface area contributed by atoms with Crippen LogP contribution in [0.25, 0.3) is 0 Å². The van der Waals surface area contributed by atoms with E-state index in [4.69, 9.17) is 15.3 Å². The van der Waals surface area contributed by atoms with E-state index in [1.54, 1.807) is 7.11 Å². The molecule has 0 saturated carbocycles. The van der Waals surface area contributed by atoms with Gasteiger partial charge in [0.2, 0.25) is 11.9 Å². The first kappa shape index (κ1) is 14.4. The van der Waals surface area contributed by atoms with Gasteiger partial charge in [-0.3, -0.25) is 5.43 Å². The van der Waals surface area contributed by atoms with Gasteiger partial charge in [0.25, 0.3) is 0 Å². The molecule has 102 valence electrons. The Balaban J connectivity index is 2.65. The van der Waals surface area contributed by atoms with Gasteiger partial charge in [0.15, 0.2) is 0 Å². The van der Waals surface area contributed by atoms with Crippen LogP contribution < -0.4 is 21.3 Å². The molecule has 1 aromatic heterocycles. The van der Waals surface area contributed by atoms with E-state index in [9.17, 15) is 0 Å². The first-order valence-electron chi connectivity index (χ1n) is 5.77. The van der Waals surface area contributed by atoms with Crippen molar-refractivity contribution in [3.05, 3.63) is 0 Å². The molecule has 1 atom stereocenters. The fraction of sp³-hybridized carbons (Fsp3) is 0.700. The molecule has 0 aliphatic rings. The first-order chi connectivity index (χ1) is 8.69. The van der Waals surface area contributed by atoms with Gasteiger partial charge in [0.05, 0.1) is 13.2 Å². The number of hydrazine groups is 1. The summed E-state index contributed by atoms with van der Waals surface area (Å²) in [6.07, 6.45) is 0. The van der Waals surface area contributed by atoms with Crippen molar-refractivity contribution in [2.75, 3.05) is 37.6 Å². The van der Waals surface area contributed by atoms with Crippen molar-refractivity contribution >= 4 is 11.9 Å². The number of hydrogen-bond donors (Lipinski definition) is 3. The number of nitrogens with zero attached hydrogens (tertiary/aromatic N) is 3. The van der Waals surface area contributed by atoms with Crippen LogP contribution in [0.1, 0.15) is 13.8 Å². The van der Waals surface area contributed by atoms with Gasteiger partial charge in [-0.15, -0.1) is 0 Å². The Morgan fingerprint density at radius 2 is 2.00 bits per heavy atom. The minimum atomic E-state index is 0.238. The Morgan fingerprint density at radius 1 is 1.28 bits per heavy atom. The van der Waals surface area contributed by atoms with Gasteiger partial charge in [-0.1, -0.05) is 6.92 Å². The van der Waals surface area contributed by atoms with Crippen LogP contribution in [-0.2, 0) is 4.74 Å². The molecular weight excluding hydrogens is 236 g/mol. The molecule has 0 aliphatic heterocycles. The average molecular weight is 256 g/mol. The van der Waals surface area contributed by atoms with E-state index in [0.717, 1.165) is 0 Å². The zero-order valence-corrected chi connectivity index (χ0v) is 10.9. The lowest BCUT2D eigenvalue weighted by molar-refractivity contribution is 0.164. The van der Waals surface area contributed by atoms with Gasteiger partial charge in [0, 0.05) is 13.7 Å². The van der Waals surface area contributed by atoms with Crippen molar-refractivity contribution in [3.63, 3.8) is 0 Å². The Bertz CT molecular complexity index is 362. The van der Waals surface area contributed by atoms with Crippen LogP contribution in [0.2, 0.25) is 0 Å². The summed E-state index contributed by atoms with van der Waals surface area (Å²) in [5.41, 5.74) is 2.37. The molecule has 0 amide bonds. The van der Waals surface area contributed by atoms with E-state index >= 15 is 0 Å². The van der Waals surface area contributed by atoms with Gasteiger partial charge in [0.1, 0.15) is 0 Å². The highest BCUT2D eigenvalue weighted by Gasteiger charge is 2.08. The molecule has 0 saturated heterocycles. The summed E-state index contributed by atoms with van der Waals surface area (Å²) < 4.78 is 10.3. The quantitative estimate of drug-likeness (QED) is 0.449. The minimum absolute atomic E-state index is 0.238. The van der Waals surface area contributed by atoms with Crippen LogP contribution >= 0.6 is 0 Å². The predicted octanol–water partition coefficient (Wildman–Crippen LogP) is 0.250. The number of rotatable bonds is 8. The average Bonchev–Trinajstić information content (AvgIpc) is 2.37. The van der Waals surface area contributed by atoms with Gasteiger partial charge in [-0.25, -0.2) is 5.84 Å². The van der Waals surface area contributed by atoms with Crippen LogP contribution in [0.3, 0.4) is 0 Å². The number of nitrogen functional groups attached to an aromatic ring is 1. The largest absolute Gasteiger partial charge is 0.464 e. The third-order valence-corrected chi connectivity index (χ3v) is 2.08. The lowest BCUT2D eigenvalue weighted by atomic mass is 10.2. The number of nitrogens with two attached hydrogens (primary N) is 1. The van der Waals surface area contributed by atoms with Crippen molar-refractivity contribution in [3.8, 4) is 6.01 Å². The number of anilines is 2. The molecule has 0 aliphatic carbocycles. The zero-order chi connectivity index (χ0) is 13.4. The maximum Gasteiger partial charge on any atom is 0.323 e. The Labute approximate surface area is 106 Å². The molecule has 1 rings (SSSR count). The maximum atomic E-state index is 5.28. The summed E-state index contributed by atoms with van der Waals surface area (Å²) in [7, 11) is 1.67. The number of aromatic nitrogens is 3. The first-order valence-corrected chi connectivity index (χ1v) is 5.77. The second-order valence-corrected chi connectivity index (χ2v) is 3.78. The second-order valence-electron chi connectivity index (χ2n) is 3.78. The Kier molecular flexibility index (Phi) is 6.09. The van der Waals surface area contributed by atoms with Crippen LogP contribution in [0, 0.1) is 5.92 Å². The summed E-state index contributed by atoms with van der Waals surface area (Å²) in [6, 6.07) is 0.238. The molecule has 18 heavy (non-hydrogen) atoms. The summed E-state index contributed by atoms with van der Waals surface area (Å²) in [4.78, 5) is 12.1.